The first-order valence-corrected chi connectivity index (χ1v) is 4.18. The first kappa shape index (κ1) is 12.0. The molecule has 72 valence electrons. The van der Waals surface area contributed by atoms with Crippen LogP contribution in [0.25, 0.3) is 0 Å². The van der Waals surface area contributed by atoms with Gasteiger partial charge in [0.25, 0.3) is 0 Å². The molecular weight excluding hydrogens is 289 g/mol. The molecular formula is C7H8INO4. The predicted molar refractivity (Wildman–Crippen MR) is 53.4 cm³/mol. The molecule has 0 aromatic heterocycles. The first-order valence-electron chi connectivity index (χ1n) is 3.22. The van der Waals surface area contributed by atoms with E-state index in [1.165, 1.54) is 29.8 Å². The minimum Gasteiger partial charge on any atom is -0.479 e. The number of aliphatic carboxylic acids is 1. The zero-order chi connectivity index (χ0) is 10.6. The van der Waals surface area contributed by atoms with Crippen molar-refractivity contribution in [3.05, 3.63) is 0 Å². The Hall–Kier alpha value is -0.970. The van der Waals surface area contributed by atoms with E-state index in [-0.39, 0.29) is 6.42 Å². The number of carboxylic acid groups (broad SMARTS) is 2. The lowest BCUT2D eigenvalue weighted by atomic mass is 9.99. The lowest BCUT2D eigenvalue weighted by molar-refractivity contribution is -0.145. The summed E-state index contributed by atoms with van der Waals surface area (Å²) in [6, 6.07) is 0. The van der Waals surface area contributed by atoms with E-state index in [0.29, 0.717) is 3.11 Å². The third-order valence-electron chi connectivity index (χ3n) is 1.51. The molecule has 0 unspecified atom stereocenters. The molecule has 0 aromatic carbocycles. The standard InChI is InChI=1S/C7H8INO4/c1-3-4-7(2,5(10)11)9(8)6(12)13/h1H,4H2,2H3,(H,10,11)(H,12,13)/t7-/m1/s1. The van der Waals surface area contributed by atoms with Gasteiger partial charge in [0, 0.05) is 6.42 Å². The molecule has 0 saturated carbocycles. The lowest BCUT2D eigenvalue weighted by Crippen LogP contribution is -2.49. The molecule has 0 rings (SSSR count). The van der Waals surface area contributed by atoms with Gasteiger partial charge < -0.3 is 10.2 Å². The second-order valence-corrected chi connectivity index (χ2v) is 3.49. The molecule has 0 aliphatic carbocycles. The van der Waals surface area contributed by atoms with E-state index < -0.39 is 17.6 Å². The summed E-state index contributed by atoms with van der Waals surface area (Å²) in [6.45, 7) is 1.26. The van der Waals surface area contributed by atoms with Gasteiger partial charge in [0.15, 0.2) is 5.54 Å². The van der Waals surface area contributed by atoms with Crippen LogP contribution in [0.2, 0.25) is 0 Å². The summed E-state index contributed by atoms with van der Waals surface area (Å²) in [6.07, 6.45) is 3.45. The van der Waals surface area contributed by atoms with Crippen molar-refractivity contribution >= 4 is 34.9 Å². The highest BCUT2D eigenvalue weighted by Crippen LogP contribution is 2.23. The monoisotopic (exact) mass is 297 g/mol. The topological polar surface area (TPSA) is 77.8 Å². The van der Waals surface area contributed by atoms with E-state index in [4.69, 9.17) is 16.6 Å². The van der Waals surface area contributed by atoms with Gasteiger partial charge in [-0.1, -0.05) is 0 Å². The maximum atomic E-state index is 10.8. The summed E-state index contributed by atoms with van der Waals surface area (Å²) in [5.74, 6) is 0.873. The van der Waals surface area contributed by atoms with E-state index in [9.17, 15) is 9.59 Å². The molecule has 0 aliphatic rings. The van der Waals surface area contributed by atoms with Gasteiger partial charge in [-0.2, -0.15) is 0 Å². The summed E-state index contributed by atoms with van der Waals surface area (Å²) < 4.78 is 0.660. The number of carbonyl (C=O) groups is 2. The van der Waals surface area contributed by atoms with Crippen molar-refractivity contribution in [2.75, 3.05) is 0 Å². The Labute approximate surface area is 89.2 Å². The summed E-state index contributed by atoms with van der Waals surface area (Å²) in [7, 11) is 0. The number of rotatable bonds is 3. The average Bonchev–Trinajstić information content (AvgIpc) is 2.02. The Morgan fingerprint density at radius 3 is 2.31 bits per heavy atom. The highest BCUT2D eigenvalue weighted by Gasteiger charge is 2.41. The van der Waals surface area contributed by atoms with Crippen LogP contribution in [-0.4, -0.2) is 30.9 Å². The minimum atomic E-state index is -1.57. The third kappa shape index (κ3) is 2.48. The Morgan fingerprint density at radius 1 is 1.62 bits per heavy atom. The molecule has 0 bridgehead atoms. The van der Waals surface area contributed by atoms with Crippen molar-refractivity contribution in [3.8, 4) is 12.3 Å². The minimum absolute atomic E-state index is 0.169. The molecule has 0 aromatic rings. The molecule has 0 saturated heterocycles. The van der Waals surface area contributed by atoms with Crippen LogP contribution in [0.5, 0.6) is 0 Å². The normalized spacial score (nSPS) is 13.9. The Morgan fingerprint density at radius 2 is 2.08 bits per heavy atom. The van der Waals surface area contributed by atoms with Gasteiger partial charge in [-0.25, -0.2) is 12.7 Å². The Kier molecular flexibility index (Phi) is 4.00. The number of nitrogens with zero attached hydrogens (tertiary/aromatic N) is 1. The van der Waals surface area contributed by atoms with Crippen LogP contribution < -0.4 is 0 Å². The lowest BCUT2D eigenvalue weighted by Gasteiger charge is -2.28. The van der Waals surface area contributed by atoms with Gasteiger partial charge in [0.2, 0.25) is 0 Å². The molecule has 1 amide bonds. The third-order valence-corrected chi connectivity index (χ3v) is 2.99. The molecule has 2 N–H and O–H groups in total. The highest BCUT2D eigenvalue weighted by molar-refractivity contribution is 14.1. The molecule has 13 heavy (non-hydrogen) atoms. The second kappa shape index (κ2) is 4.32. The van der Waals surface area contributed by atoms with Gasteiger partial charge in [0.05, 0.1) is 22.9 Å². The summed E-state index contributed by atoms with van der Waals surface area (Å²) in [4.78, 5) is 21.3. The maximum absolute atomic E-state index is 10.8. The van der Waals surface area contributed by atoms with Crippen LogP contribution >= 0.6 is 22.9 Å². The van der Waals surface area contributed by atoms with E-state index in [1.54, 1.807) is 0 Å². The second-order valence-electron chi connectivity index (χ2n) is 2.52. The first-order chi connectivity index (χ1) is 5.86. The van der Waals surface area contributed by atoms with Gasteiger partial charge in [0.1, 0.15) is 0 Å². The van der Waals surface area contributed by atoms with E-state index >= 15 is 0 Å². The van der Waals surface area contributed by atoms with Crippen molar-refractivity contribution in [1.29, 1.82) is 0 Å². The highest BCUT2D eigenvalue weighted by atomic mass is 127. The number of halogens is 1. The fourth-order valence-corrected chi connectivity index (χ4v) is 1.02. The van der Waals surface area contributed by atoms with Crippen molar-refractivity contribution < 1.29 is 19.8 Å². The molecule has 6 heteroatoms. The van der Waals surface area contributed by atoms with Crippen molar-refractivity contribution in [2.45, 2.75) is 18.9 Å². The smallest absolute Gasteiger partial charge is 0.417 e. The molecule has 5 nitrogen and oxygen atoms in total. The quantitative estimate of drug-likeness (QED) is 0.466. The number of carboxylic acids is 1. The predicted octanol–water partition coefficient (Wildman–Crippen LogP) is 1.18. The van der Waals surface area contributed by atoms with Gasteiger partial charge in [-0.15, -0.1) is 12.3 Å². The zero-order valence-corrected chi connectivity index (χ0v) is 8.98. The van der Waals surface area contributed by atoms with Crippen LogP contribution in [0, 0.1) is 12.3 Å². The van der Waals surface area contributed by atoms with E-state index in [1.807, 2.05) is 0 Å². The van der Waals surface area contributed by atoms with E-state index in [2.05, 4.69) is 5.92 Å². The van der Waals surface area contributed by atoms with Gasteiger partial charge in [-0.3, -0.25) is 0 Å². The fourth-order valence-electron chi connectivity index (χ4n) is 0.639. The molecule has 0 radical (unpaired) electrons. The largest absolute Gasteiger partial charge is 0.479 e. The zero-order valence-electron chi connectivity index (χ0n) is 6.82. The van der Waals surface area contributed by atoms with Gasteiger partial charge in [-0.05, 0) is 6.92 Å². The van der Waals surface area contributed by atoms with Crippen LogP contribution in [0.1, 0.15) is 13.3 Å². The molecule has 0 fully saturated rings. The molecule has 0 heterocycles. The number of terminal acetylenes is 1. The SMILES string of the molecule is C#CC[C@](C)(C(=O)O)N(I)C(=O)O. The average molecular weight is 297 g/mol. The number of amides is 1. The Balaban J connectivity index is 4.91. The molecule has 0 aliphatic heterocycles. The van der Waals surface area contributed by atoms with Crippen LogP contribution in [0.15, 0.2) is 0 Å². The van der Waals surface area contributed by atoms with Crippen molar-refractivity contribution in [2.24, 2.45) is 0 Å². The summed E-state index contributed by atoms with van der Waals surface area (Å²) in [5, 5.41) is 17.4. The number of hydrogen-bond donors (Lipinski definition) is 2. The van der Waals surface area contributed by atoms with Crippen LogP contribution in [-0.2, 0) is 4.79 Å². The summed E-state index contributed by atoms with van der Waals surface area (Å²) in [5.41, 5.74) is -1.57. The Bertz CT molecular complexity index is 272. The molecule has 1 atom stereocenters. The van der Waals surface area contributed by atoms with Crippen molar-refractivity contribution in [1.82, 2.24) is 3.11 Å². The summed E-state index contributed by atoms with van der Waals surface area (Å²) >= 11 is 1.41. The molecule has 0 spiro atoms. The van der Waals surface area contributed by atoms with Crippen LogP contribution in [0.3, 0.4) is 0 Å². The maximum Gasteiger partial charge on any atom is 0.417 e. The van der Waals surface area contributed by atoms with Crippen LogP contribution in [0.4, 0.5) is 4.79 Å². The van der Waals surface area contributed by atoms with E-state index in [0.717, 1.165) is 0 Å². The fraction of sp³-hybridized carbons (Fsp3) is 0.429. The van der Waals surface area contributed by atoms with Gasteiger partial charge >= 0.3 is 12.1 Å². The number of hydrogen-bond acceptors (Lipinski definition) is 2. The van der Waals surface area contributed by atoms with Crippen molar-refractivity contribution in [3.63, 3.8) is 0 Å².